The zero-order chi connectivity index (χ0) is 24.0. The van der Waals surface area contributed by atoms with Gasteiger partial charge in [0.2, 0.25) is 0 Å². The minimum absolute atomic E-state index is 0.0300. The second-order valence-corrected chi connectivity index (χ2v) is 8.08. The predicted octanol–water partition coefficient (Wildman–Crippen LogP) is 6.21. The number of non-ortho nitro benzene ring substituents is 1. The van der Waals surface area contributed by atoms with Gasteiger partial charge in [0.25, 0.3) is 5.69 Å². The van der Waals surface area contributed by atoms with Gasteiger partial charge in [-0.25, -0.2) is 9.67 Å². The number of nitro groups is 2. The number of rotatable bonds is 5. The fraction of sp³-hybridized carbons (Fsp3) is 0. The SMILES string of the molecule is O=[N+]([O-])c1ccc(-n2nc(-c3ccc(Cl)cc3Cl)cc2-c2nc3ccccc3[nH]2)c([N+](=O)[O-])c1. The molecule has 2 aromatic heterocycles. The third kappa shape index (κ3) is 3.74. The lowest BCUT2D eigenvalue weighted by Gasteiger charge is -2.07. The molecule has 1 N–H and O–H groups in total. The summed E-state index contributed by atoms with van der Waals surface area (Å²) in [6.07, 6.45) is 0. The molecule has 168 valence electrons. The van der Waals surface area contributed by atoms with E-state index in [0.717, 1.165) is 11.6 Å². The fourth-order valence-corrected chi connectivity index (χ4v) is 4.09. The first kappa shape index (κ1) is 21.6. The molecule has 0 atom stereocenters. The van der Waals surface area contributed by atoms with Gasteiger partial charge in [-0.15, -0.1) is 0 Å². The molecule has 12 heteroatoms. The number of nitrogens with one attached hydrogen (secondary N) is 1. The van der Waals surface area contributed by atoms with E-state index in [1.807, 2.05) is 24.3 Å². The first-order valence-corrected chi connectivity index (χ1v) is 10.5. The number of fused-ring (bicyclic) bond motifs is 1. The maximum absolute atomic E-state index is 11.8. The Morgan fingerprint density at radius 2 is 1.71 bits per heavy atom. The number of para-hydroxylation sites is 2. The summed E-state index contributed by atoms with van der Waals surface area (Å²) in [6, 6.07) is 17.3. The van der Waals surface area contributed by atoms with E-state index in [2.05, 4.69) is 15.1 Å². The summed E-state index contributed by atoms with van der Waals surface area (Å²) in [5.41, 5.74) is 1.94. The standard InChI is InChI=1S/C22H12Cl2N6O4/c23-12-5-7-14(15(24)9-12)18-11-21(22-25-16-3-1-2-4-17(16)26-22)28(27-18)19-8-6-13(29(31)32)10-20(19)30(33)34/h1-11H,(H,25,26). The van der Waals surface area contributed by atoms with Crippen molar-refractivity contribution in [1.82, 2.24) is 19.7 Å². The Bertz CT molecular complexity index is 1580. The van der Waals surface area contributed by atoms with Crippen LogP contribution in [0.3, 0.4) is 0 Å². The van der Waals surface area contributed by atoms with Crippen LogP contribution in [0.2, 0.25) is 10.0 Å². The molecule has 34 heavy (non-hydrogen) atoms. The number of hydrogen-bond donors (Lipinski definition) is 1. The number of benzene rings is 3. The Morgan fingerprint density at radius 1 is 0.912 bits per heavy atom. The average Bonchev–Trinajstić information content (AvgIpc) is 3.43. The minimum Gasteiger partial charge on any atom is -0.337 e. The molecule has 0 spiro atoms. The smallest absolute Gasteiger partial charge is 0.301 e. The molecule has 5 aromatic rings. The van der Waals surface area contributed by atoms with Gasteiger partial charge in [0, 0.05) is 16.7 Å². The molecule has 3 aromatic carbocycles. The van der Waals surface area contributed by atoms with Crippen molar-refractivity contribution in [3.63, 3.8) is 0 Å². The molecule has 2 heterocycles. The number of aromatic amines is 1. The predicted molar refractivity (Wildman–Crippen MR) is 127 cm³/mol. The number of aromatic nitrogens is 4. The van der Waals surface area contributed by atoms with E-state index in [0.29, 0.717) is 38.3 Å². The normalized spacial score (nSPS) is 11.1. The first-order valence-electron chi connectivity index (χ1n) is 9.75. The van der Waals surface area contributed by atoms with E-state index in [-0.39, 0.29) is 5.69 Å². The minimum atomic E-state index is -0.695. The molecule has 0 fully saturated rings. The average molecular weight is 495 g/mol. The van der Waals surface area contributed by atoms with Crippen LogP contribution in [0, 0.1) is 20.2 Å². The van der Waals surface area contributed by atoms with Crippen molar-refractivity contribution in [1.29, 1.82) is 0 Å². The lowest BCUT2D eigenvalue weighted by molar-refractivity contribution is -0.394. The number of H-pyrrole nitrogens is 1. The summed E-state index contributed by atoms with van der Waals surface area (Å²) in [6.45, 7) is 0. The van der Waals surface area contributed by atoms with Crippen LogP contribution in [0.4, 0.5) is 11.4 Å². The molecule has 0 unspecified atom stereocenters. The van der Waals surface area contributed by atoms with Gasteiger partial charge in [-0.2, -0.15) is 5.10 Å². The van der Waals surface area contributed by atoms with Crippen LogP contribution in [0.1, 0.15) is 0 Å². The molecular weight excluding hydrogens is 483 g/mol. The van der Waals surface area contributed by atoms with Gasteiger partial charge < -0.3 is 4.98 Å². The van der Waals surface area contributed by atoms with Gasteiger partial charge in [0.05, 0.1) is 37.7 Å². The monoisotopic (exact) mass is 494 g/mol. The van der Waals surface area contributed by atoms with Gasteiger partial charge in [-0.05, 0) is 42.5 Å². The van der Waals surface area contributed by atoms with Crippen molar-refractivity contribution >= 4 is 45.6 Å². The lowest BCUT2D eigenvalue weighted by atomic mass is 10.1. The van der Waals surface area contributed by atoms with Crippen LogP contribution >= 0.6 is 23.2 Å². The molecule has 0 amide bonds. The van der Waals surface area contributed by atoms with E-state index in [4.69, 9.17) is 23.2 Å². The number of nitro benzene ring substituents is 2. The Labute approximate surface area is 200 Å². The fourth-order valence-electron chi connectivity index (χ4n) is 3.59. The molecule has 0 bridgehead atoms. The zero-order valence-electron chi connectivity index (χ0n) is 17.0. The molecule has 0 saturated carbocycles. The highest BCUT2D eigenvalue weighted by Gasteiger charge is 2.25. The van der Waals surface area contributed by atoms with Gasteiger partial charge in [-0.3, -0.25) is 20.2 Å². The van der Waals surface area contributed by atoms with Crippen LogP contribution in [-0.4, -0.2) is 29.6 Å². The van der Waals surface area contributed by atoms with Crippen LogP contribution in [0.15, 0.2) is 66.7 Å². The third-order valence-corrected chi connectivity index (χ3v) is 5.69. The molecule has 0 aliphatic rings. The molecule has 0 aliphatic heterocycles. The second kappa shape index (κ2) is 8.25. The topological polar surface area (TPSA) is 133 Å². The van der Waals surface area contributed by atoms with E-state index in [9.17, 15) is 20.2 Å². The molecule has 0 saturated heterocycles. The zero-order valence-corrected chi connectivity index (χ0v) is 18.5. The van der Waals surface area contributed by atoms with Crippen LogP contribution < -0.4 is 0 Å². The van der Waals surface area contributed by atoms with Crippen molar-refractivity contribution in [3.8, 4) is 28.5 Å². The highest BCUT2D eigenvalue weighted by molar-refractivity contribution is 6.36. The molecule has 10 nitrogen and oxygen atoms in total. The molecule has 0 aliphatic carbocycles. The van der Waals surface area contributed by atoms with Crippen LogP contribution in [0.25, 0.3) is 39.5 Å². The van der Waals surface area contributed by atoms with Crippen molar-refractivity contribution in [2.75, 3.05) is 0 Å². The highest BCUT2D eigenvalue weighted by atomic mass is 35.5. The first-order chi connectivity index (χ1) is 16.3. The van der Waals surface area contributed by atoms with E-state index < -0.39 is 21.2 Å². The molecular formula is C22H12Cl2N6O4. The number of nitrogens with zero attached hydrogens (tertiary/aromatic N) is 5. The Morgan fingerprint density at radius 3 is 2.41 bits per heavy atom. The van der Waals surface area contributed by atoms with E-state index >= 15 is 0 Å². The largest absolute Gasteiger partial charge is 0.337 e. The Hall–Kier alpha value is -4.28. The quantitative estimate of drug-likeness (QED) is 0.228. The molecule has 5 rings (SSSR count). The van der Waals surface area contributed by atoms with Gasteiger partial charge in [-0.1, -0.05) is 35.3 Å². The summed E-state index contributed by atoms with van der Waals surface area (Å²) < 4.78 is 1.32. The number of imidazole rings is 1. The van der Waals surface area contributed by atoms with Crippen LogP contribution in [-0.2, 0) is 0 Å². The maximum atomic E-state index is 11.8. The van der Waals surface area contributed by atoms with E-state index in [1.54, 1.807) is 24.3 Å². The molecule has 0 radical (unpaired) electrons. The van der Waals surface area contributed by atoms with Crippen molar-refractivity contribution in [2.45, 2.75) is 0 Å². The van der Waals surface area contributed by atoms with Gasteiger partial charge in [0.15, 0.2) is 5.82 Å². The lowest BCUT2D eigenvalue weighted by Crippen LogP contribution is -2.05. The summed E-state index contributed by atoms with van der Waals surface area (Å²) in [5.74, 6) is 0.401. The Balaban J connectivity index is 1.78. The summed E-state index contributed by atoms with van der Waals surface area (Å²) in [5, 5.41) is 28.3. The number of hydrogen-bond acceptors (Lipinski definition) is 6. The summed E-state index contributed by atoms with van der Waals surface area (Å²) in [4.78, 5) is 29.4. The van der Waals surface area contributed by atoms with Crippen molar-refractivity contribution < 1.29 is 9.85 Å². The Kier molecular flexibility index (Phi) is 5.23. The number of halogens is 2. The third-order valence-electron chi connectivity index (χ3n) is 5.14. The summed E-state index contributed by atoms with van der Waals surface area (Å²) >= 11 is 12.4. The van der Waals surface area contributed by atoms with Crippen molar-refractivity contribution in [2.24, 2.45) is 0 Å². The second-order valence-electron chi connectivity index (χ2n) is 7.24. The van der Waals surface area contributed by atoms with Crippen molar-refractivity contribution in [3.05, 3.63) is 97.0 Å². The maximum Gasteiger partial charge on any atom is 0.301 e. The van der Waals surface area contributed by atoms with Gasteiger partial charge in [0.1, 0.15) is 11.4 Å². The summed E-state index contributed by atoms with van der Waals surface area (Å²) in [7, 11) is 0. The van der Waals surface area contributed by atoms with Crippen LogP contribution in [0.5, 0.6) is 0 Å². The van der Waals surface area contributed by atoms with Gasteiger partial charge >= 0.3 is 5.69 Å². The highest BCUT2D eigenvalue weighted by Crippen LogP contribution is 2.36. The van der Waals surface area contributed by atoms with E-state index in [1.165, 1.54) is 16.8 Å².